The molecule has 3 N–H and O–H groups in total. The molecule has 2 aromatic rings. The minimum atomic E-state index is -0.178. The fraction of sp³-hybridized carbons (Fsp3) is 0.231. The SMILES string of the molecule is Cc1ccc(C(=O)Nc2ncc(C#CCN)s2)n1C. The van der Waals surface area contributed by atoms with Crippen molar-refractivity contribution in [2.24, 2.45) is 12.8 Å². The zero-order valence-corrected chi connectivity index (χ0v) is 11.5. The number of nitrogens with two attached hydrogens (primary N) is 1. The number of carbonyl (C=O) groups is 1. The number of hydrogen-bond donors (Lipinski definition) is 2. The van der Waals surface area contributed by atoms with Gasteiger partial charge in [0.15, 0.2) is 5.13 Å². The number of amides is 1. The van der Waals surface area contributed by atoms with Crippen LogP contribution in [-0.2, 0) is 7.05 Å². The molecule has 1 amide bonds. The molecule has 0 aromatic carbocycles. The number of carbonyl (C=O) groups excluding carboxylic acids is 1. The van der Waals surface area contributed by atoms with Crippen molar-refractivity contribution in [1.29, 1.82) is 0 Å². The van der Waals surface area contributed by atoms with Gasteiger partial charge in [0.1, 0.15) is 5.69 Å². The number of nitrogens with zero attached hydrogens (tertiary/aromatic N) is 2. The van der Waals surface area contributed by atoms with Crippen LogP contribution >= 0.6 is 11.3 Å². The van der Waals surface area contributed by atoms with Crippen LogP contribution in [0.5, 0.6) is 0 Å². The van der Waals surface area contributed by atoms with Gasteiger partial charge in [-0.15, -0.1) is 0 Å². The lowest BCUT2D eigenvalue weighted by Gasteiger charge is -2.04. The summed E-state index contributed by atoms with van der Waals surface area (Å²) in [5.41, 5.74) is 6.92. The van der Waals surface area contributed by atoms with E-state index in [0.29, 0.717) is 17.4 Å². The molecule has 0 spiro atoms. The zero-order valence-electron chi connectivity index (χ0n) is 10.7. The third kappa shape index (κ3) is 3.02. The van der Waals surface area contributed by atoms with Gasteiger partial charge in [-0.2, -0.15) is 0 Å². The van der Waals surface area contributed by atoms with E-state index in [0.717, 1.165) is 10.6 Å². The molecular formula is C13H14N4OS. The minimum absolute atomic E-state index is 0.178. The van der Waals surface area contributed by atoms with Gasteiger partial charge in [0, 0.05) is 12.7 Å². The van der Waals surface area contributed by atoms with Crippen LogP contribution in [0.4, 0.5) is 5.13 Å². The van der Waals surface area contributed by atoms with Crippen molar-refractivity contribution >= 4 is 22.4 Å². The maximum absolute atomic E-state index is 12.1. The summed E-state index contributed by atoms with van der Waals surface area (Å²) in [7, 11) is 1.85. The van der Waals surface area contributed by atoms with E-state index < -0.39 is 0 Å². The Kier molecular flexibility index (Phi) is 4.00. The zero-order chi connectivity index (χ0) is 13.8. The van der Waals surface area contributed by atoms with Crippen molar-refractivity contribution in [3.8, 4) is 11.8 Å². The van der Waals surface area contributed by atoms with Crippen molar-refractivity contribution in [2.45, 2.75) is 6.92 Å². The second-order valence-electron chi connectivity index (χ2n) is 3.91. The van der Waals surface area contributed by atoms with Gasteiger partial charge in [0.2, 0.25) is 0 Å². The van der Waals surface area contributed by atoms with Crippen LogP contribution in [0.3, 0.4) is 0 Å². The highest BCUT2D eigenvalue weighted by atomic mass is 32.1. The predicted octanol–water partition coefficient (Wildman–Crippen LogP) is 1.35. The molecule has 98 valence electrons. The van der Waals surface area contributed by atoms with E-state index in [1.165, 1.54) is 11.3 Å². The number of anilines is 1. The third-order valence-corrected chi connectivity index (χ3v) is 3.47. The maximum atomic E-state index is 12.1. The Morgan fingerprint density at radius 3 is 3.00 bits per heavy atom. The molecule has 19 heavy (non-hydrogen) atoms. The molecule has 0 unspecified atom stereocenters. The van der Waals surface area contributed by atoms with Gasteiger partial charge in [-0.1, -0.05) is 23.2 Å². The molecule has 2 aromatic heterocycles. The van der Waals surface area contributed by atoms with Crippen LogP contribution < -0.4 is 11.1 Å². The Labute approximate surface area is 115 Å². The van der Waals surface area contributed by atoms with E-state index in [-0.39, 0.29) is 5.91 Å². The van der Waals surface area contributed by atoms with E-state index >= 15 is 0 Å². The second-order valence-corrected chi connectivity index (χ2v) is 4.94. The van der Waals surface area contributed by atoms with Gasteiger partial charge in [-0.25, -0.2) is 4.98 Å². The van der Waals surface area contributed by atoms with Crippen LogP contribution in [-0.4, -0.2) is 22.0 Å². The average Bonchev–Trinajstić information content (AvgIpc) is 2.95. The van der Waals surface area contributed by atoms with Gasteiger partial charge in [0.05, 0.1) is 17.6 Å². The van der Waals surface area contributed by atoms with Gasteiger partial charge in [0.25, 0.3) is 5.91 Å². The Morgan fingerprint density at radius 2 is 2.37 bits per heavy atom. The molecule has 0 radical (unpaired) electrons. The van der Waals surface area contributed by atoms with Crippen LogP contribution in [0.1, 0.15) is 21.1 Å². The van der Waals surface area contributed by atoms with E-state index in [2.05, 4.69) is 22.1 Å². The molecule has 6 heteroatoms. The Balaban J connectivity index is 2.11. The first-order chi connectivity index (χ1) is 9.11. The molecule has 2 heterocycles. The fourth-order valence-corrected chi connectivity index (χ4v) is 2.22. The molecule has 0 saturated heterocycles. The highest BCUT2D eigenvalue weighted by Crippen LogP contribution is 2.18. The lowest BCUT2D eigenvalue weighted by molar-refractivity contribution is 0.101. The van der Waals surface area contributed by atoms with E-state index in [1.807, 2.05) is 24.6 Å². The molecule has 5 nitrogen and oxygen atoms in total. The lowest BCUT2D eigenvalue weighted by Crippen LogP contribution is -2.15. The third-order valence-electron chi connectivity index (χ3n) is 2.65. The van der Waals surface area contributed by atoms with Gasteiger partial charge < -0.3 is 10.3 Å². The van der Waals surface area contributed by atoms with E-state index in [9.17, 15) is 4.79 Å². The first-order valence-corrected chi connectivity index (χ1v) is 6.52. The van der Waals surface area contributed by atoms with Crippen LogP contribution in [0.2, 0.25) is 0 Å². The Morgan fingerprint density at radius 1 is 1.58 bits per heavy atom. The van der Waals surface area contributed by atoms with E-state index in [4.69, 9.17) is 5.73 Å². The minimum Gasteiger partial charge on any atom is -0.344 e. The summed E-state index contributed by atoms with van der Waals surface area (Å²) >= 11 is 1.33. The van der Waals surface area contributed by atoms with E-state index in [1.54, 1.807) is 12.3 Å². The largest absolute Gasteiger partial charge is 0.344 e. The summed E-state index contributed by atoms with van der Waals surface area (Å²) < 4.78 is 1.83. The number of nitrogens with one attached hydrogen (secondary N) is 1. The highest BCUT2D eigenvalue weighted by molar-refractivity contribution is 7.16. The monoisotopic (exact) mass is 274 g/mol. The Hall–Kier alpha value is -2.10. The smallest absolute Gasteiger partial charge is 0.274 e. The lowest BCUT2D eigenvalue weighted by atomic mass is 10.4. The molecule has 0 saturated carbocycles. The number of aryl methyl sites for hydroxylation is 1. The van der Waals surface area contributed by atoms with Crippen molar-refractivity contribution in [3.05, 3.63) is 34.6 Å². The fourth-order valence-electron chi connectivity index (χ4n) is 1.53. The normalized spacial score (nSPS) is 9.84. The number of hydrogen-bond acceptors (Lipinski definition) is 4. The summed E-state index contributed by atoms with van der Waals surface area (Å²) in [6.45, 7) is 2.25. The summed E-state index contributed by atoms with van der Waals surface area (Å²) in [5.74, 6) is 5.45. The quantitative estimate of drug-likeness (QED) is 0.812. The van der Waals surface area contributed by atoms with Crippen molar-refractivity contribution in [2.75, 3.05) is 11.9 Å². The summed E-state index contributed by atoms with van der Waals surface area (Å²) in [6, 6.07) is 3.68. The van der Waals surface area contributed by atoms with Crippen molar-refractivity contribution < 1.29 is 4.79 Å². The molecule has 0 fully saturated rings. The van der Waals surface area contributed by atoms with Crippen molar-refractivity contribution in [3.63, 3.8) is 0 Å². The van der Waals surface area contributed by atoms with Gasteiger partial charge in [-0.3, -0.25) is 10.1 Å². The average molecular weight is 274 g/mol. The first-order valence-electron chi connectivity index (χ1n) is 5.70. The van der Waals surface area contributed by atoms with Crippen LogP contribution in [0.15, 0.2) is 18.3 Å². The summed E-state index contributed by atoms with van der Waals surface area (Å²) in [6.07, 6.45) is 1.62. The maximum Gasteiger partial charge on any atom is 0.274 e. The topological polar surface area (TPSA) is 72.9 Å². The standard InChI is InChI=1S/C13H14N4OS/c1-9-5-6-11(17(9)2)12(18)16-13-15-8-10(19-13)4-3-7-14/h5-6,8H,7,14H2,1-2H3,(H,15,16,18). The number of rotatable bonds is 2. The number of aromatic nitrogens is 2. The van der Waals surface area contributed by atoms with Crippen molar-refractivity contribution in [1.82, 2.24) is 9.55 Å². The van der Waals surface area contributed by atoms with Gasteiger partial charge in [-0.05, 0) is 19.1 Å². The molecule has 0 aliphatic heterocycles. The first kappa shape index (κ1) is 13.3. The van der Waals surface area contributed by atoms with Gasteiger partial charge >= 0.3 is 0 Å². The molecule has 0 aliphatic carbocycles. The predicted molar refractivity (Wildman–Crippen MR) is 76.1 cm³/mol. The number of thiazole rings is 1. The summed E-state index contributed by atoms with van der Waals surface area (Å²) in [5, 5.41) is 3.29. The second kappa shape index (κ2) is 5.69. The van der Waals surface area contributed by atoms with Crippen LogP contribution in [0, 0.1) is 18.8 Å². The summed E-state index contributed by atoms with van der Waals surface area (Å²) in [4.78, 5) is 16.9. The molecule has 0 atom stereocenters. The van der Waals surface area contributed by atoms with Crippen LogP contribution in [0.25, 0.3) is 0 Å². The molecule has 2 rings (SSSR count). The molecular weight excluding hydrogens is 260 g/mol. The Bertz CT molecular complexity index is 660. The molecule has 0 bridgehead atoms. The highest BCUT2D eigenvalue weighted by Gasteiger charge is 2.12. The molecule has 0 aliphatic rings.